The van der Waals surface area contributed by atoms with Crippen LogP contribution in [0.15, 0.2) is 36.4 Å². The minimum Gasteiger partial charge on any atom is -0.490 e. The fourth-order valence-electron chi connectivity index (χ4n) is 4.11. The standard InChI is InChI=1S/C24H29ClN2O3/c1-17-3-6-20(25)14-21(17)27-10-9-19(16-27)15-26-24(28)8-5-18-4-7-22-23(13-18)30-12-2-11-29-22/h3-4,6-7,13-14,19H,2,5,8-12,15-16H2,1H3,(H,26,28). The quantitative estimate of drug-likeness (QED) is 0.741. The summed E-state index contributed by atoms with van der Waals surface area (Å²) in [7, 11) is 0. The molecule has 160 valence electrons. The Kier molecular flexibility index (Phi) is 6.68. The van der Waals surface area contributed by atoms with Crippen LogP contribution in [0.3, 0.4) is 0 Å². The first kappa shape index (κ1) is 20.9. The van der Waals surface area contributed by atoms with Crippen molar-refractivity contribution in [3.05, 3.63) is 52.5 Å². The summed E-state index contributed by atoms with van der Waals surface area (Å²) in [6.45, 7) is 6.13. The second kappa shape index (κ2) is 9.61. The van der Waals surface area contributed by atoms with Crippen LogP contribution in [0.5, 0.6) is 11.5 Å². The summed E-state index contributed by atoms with van der Waals surface area (Å²) in [4.78, 5) is 14.7. The minimum atomic E-state index is 0.0968. The summed E-state index contributed by atoms with van der Waals surface area (Å²) in [5.41, 5.74) is 3.53. The number of hydrogen-bond acceptors (Lipinski definition) is 4. The third-order valence-electron chi connectivity index (χ3n) is 5.84. The van der Waals surface area contributed by atoms with E-state index in [1.807, 2.05) is 30.3 Å². The van der Waals surface area contributed by atoms with Crippen molar-refractivity contribution in [3.63, 3.8) is 0 Å². The highest BCUT2D eigenvalue weighted by atomic mass is 35.5. The smallest absolute Gasteiger partial charge is 0.220 e. The summed E-state index contributed by atoms with van der Waals surface area (Å²) in [5, 5.41) is 3.88. The molecular formula is C24H29ClN2O3. The van der Waals surface area contributed by atoms with Gasteiger partial charge >= 0.3 is 0 Å². The molecule has 1 N–H and O–H groups in total. The van der Waals surface area contributed by atoms with E-state index >= 15 is 0 Å². The van der Waals surface area contributed by atoms with Crippen LogP contribution < -0.4 is 19.7 Å². The van der Waals surface area contributed by atoms with E-state index in [1.54, 1.807) is 0 Å². The molecule has 2 aromatic rings. The molecule has 1 atom stereocenters. The molecule has 2 aliphatic heterocycles. The van der Waals surface area contributed by atoms with Gasteiger partial charge < -0.3 is 19.7 Å². The number of amides is 1. The van der Waals surface area contributed by atoms with Gasteiger partial charge in [-0.15, -0.1) is 0 Å². The topological polar surface area (TPSA) is 50.8 Å². The second-order valence-electron chi connectivity index (χ2n) is 8.17. The molecule has 0 aromatic heterocycles. The molecule has 30 heavy (non-hydrogen) atoms. The fraction of sp³-hybridized carbons (Fsp3) is 0.458. The number of nitrogens with zero attached hydrogens (tertiary/aromatic N) is 1. The molecule has 1 unspecified atom stereocenters. The monoisotopic (exact) mass is 428 g/mol. The molecule has 0 radical (unpaired) electrons. The van der Waals surface area contributed by atoms with E-state index in [2.05, 4.69) is 23.2 Å². The number of fused-ring (bicyclic) bond motifs is 1. The van der Waals surface area contributed by atoms with Crippen LogP contribution >= 0.6 is 11.6 Å². The molecular weight excluding hydrogens is 400 g/mol. The van der Waals surface area contributed by atoms with Gasteiger partial charge in [0.2, 0.25) is 5.91 Å². The first-order valence-corrected chi connectivity index (χ1v) is 11.1. The Labute approximate surface area is 183 Å². The van der Waals surface area contributed by atoms with Crippen molar-refractivity contribution < 1.29 is 14.3 Å². The largest absolute Gasteiger partial charge is 0.490 e. The van der Waals surface area contributed by atoms with Crippen molar-refractivity contribution >= 4 is 23.2 Å². The number of anilines is 1. The zero-order chi connectivity index (χ0) is 20.9. The molecule has 1 saturated heterocycles. The average Bonchev–Trinajstić information content (AvgIpc) is 3.09. The maximum Gasteiger partial charge on any atom is 0.220 e. The highest BCUT2D eigenvalue weighted by molar-refractivity contribution is 6.30. The van der Waals surface area contributed by atoms with E-state index in [9.17, 15) is 4.79 Å². The molecule has 5 nitrogen and oxygen atoms in total. The van der Waals surface area contributed by atoms with Crippen molar-refractivity contribution in [1.82, 2.24) is 5.32 Å². The molecule has 0 bridgehead atoms. The van der Waals surface area contributed by atoms with Crippen LogP contribution in [0.1, 0.15) is 30.4 Å². The van der Waals surface area contributed by atoms with Crippen LogP contribution in [-0.2, 0) is 11.2 Å². The Hall–Kier alpha value is -2.40. The first-order valence-electron chi connectivity index (χ1n) is 10.7. The van der Waals surface area contributed by atoms with Gasteiger partial charge in [0.15, 0.2) is 11.5 Å². The lowest BCUT2D eigenvalue weighted by molar-refractivity contribution is -0.121. The summed E-state index contributed by atoms with van der Waals surface area (Å²) >= 11 is 6.17. The van der Waals surface area contributed by atoms with Crippen molar-refractivity contribution in [3.8, 4) is 11.5 Å². The number of rotatable bonds is 6. The first-order chi connectivity index (χ1) is 14.6. The number of ether oxygens (including phenoxy) is 2. The van der Waals surface area contributed by atoms with Crippen molar-refractivity contribution in [2.24, 2.45) is 5.92 Å². The normalized spacial score (nSPS) is 18.2. The Morgan fingerprint density at radius 2 is 2.00 bits per heavy atom. The number of aryl methyl sites for hydroxylation is 2. The molecule has 2 aliphatic rings. The third kappa shape index (κ3) is 5.20. The second-order valence-corrected chi connectivity index (χ2v) is 8.60. The Morgan fingerprint density at radius 1 is 1.17 bits per heavy atom. The van der Waals surface area contributed by atoms with Gasteiger partial charge in [-0.25, -0.2) is 0 Å². The summed E-state index contributed by atoms with van der Waals surface area (Å²) in [6.07, 6.45) is 3.14. The van der Waals surface area contributed by atoms with E-state index in [0.717, 1.165) is 54.6 Å². The Morgan fingerprint density at radius 3 is 2.87 bits per heavy atom. The van der Waals surface area contributed by atoms with Gasteiger partial charge in [-0.1, -0.05) is 23.7 Å². The zero-order valence-electron chi connectivity index (χ0n) is 17.5. The fourth-order valence-corrected chi connectivity index (χ4v) is 4.28. The number of carbonyl (C=O) groups excluding carboxylic acids is 1. The van der Waals surface area contributed by atoms with E-state index in [4.69, 9.17) is 21.1 Å². The minimum absolute atomic E-state index is 0.0968. The zero-order valence-corrected chi connectivity index (χ0v) is 18.2. The highest BCUT2D eigenvalue weighted by Crippen LogP contribution is 2.31. The summed E-state index contributed by atoms with van der Waals surface area (Å²) < 4.78 is 11.4. The number of hydrogen-bond donors (Lipinski definition) is 1. The van der Waals surface area contributed by atoms with Gasteiger partial charge in [-0.05, 0) is 61.1 Å². The number of carbonyl (C=O) groups is 1. The molecule has 0 aliphatic carbocycles. The highest BCUT2D eigenvalue weighted by Gasteiger charge is 2.24. The molecule has 6 heteroatoms. The van der Waals surface area contributed by atoms with E-state index in [1.165, 1.54) is 11.3 Å². The number of nitrogens with one attached hydrogen (secondary N) is 1. The maximum absolute atomic E-state index is 12.4. The summed E-state index contributed by atoms with van der Waals surface area (Å²) in [5.74, 6) is 2.14. The lowest BCUT2D eigenvalue weighted by Crippen LogP contribution is -2.31. The van der Waals surface area contributed by atoms with Gasteiger partial charge in [0.25, 0.3) is 0 Å². The molecule has 1 fully saturated rings. The molecule has 2 aromatic carbocycles. The predicted octanol–water partition coefficient (Wildman–Crippen LogP) is 4.39. The van der Waals surface area contributed by atoms with Crippen LogP contribution in [0.4, 0.5) is 5.69 Å². The lowest BCUT2D eigenvalue weighted by Gasteiger charge is -2.21. The van der Waals surface area contributed by atoms with Gasteiger partial charge in [-0.3, -0.25) is 4.79 Å². The summed E-state index contributed by atoms with van der Waals surface area (Å²) in [6, 6.07) is 12.0. The third-order valence-corrected chi connectivity index (χ3v) is 6.07. The molecule has 0 spiro atoms. The Bertz CT molecular complexity index is 902. The molecule has 2 heterocycles. The lowest BCUT2D eigenvalue weighted by atomic mass is 10.1. The van der Waals surface area contributed by atoms with E-state index in [0.29, 0.717) is 32.0 Å². The number of benzene rings is 2. The van der Waals surface area contributed by atoms with Gasteiger partial charge in [0.1, 0.15) is 0 Å². The van der Waals surface area contributed by atoms with Gasteiger partial charge in [0, 0.05) is 43.2 Å². The molecule has 1 amide bonds. The van der Waals surface area contributed by atoms with Crippen LogP contribution in [0.25, 0.3) is 0 Å². The van der Waals surface area contributed by atoms with Crippen molar-refractivity contribution in [2.75, 3.05) is 37.7 Å². The van der Waals surface area contributed by atoms with Crippen molar-refractivity contribution in [2.45, 2.75) is 32.6 Å². The van der Waals surface area contributed by atoms with Gasteiger partial charge in [-0.2, -0.15) is 0 Å². The number of halogens is 1. The average molecular weight is 429 g/mol. The Balaban J connectivity index is 1.23. The molecule has 4 rings (SSSR count). The predicted molar refractivity (Wildman–Crippen MR) is 120 cm³/mol. The van der Waals surface area contributed by atoms with Crippen LogP contribution in [-0.4, -0.2) is 38.8 Å². The molecule has 0 saturated carbocycles. The van der Waals surface area contributed by atoms with Crippen LogP contribution in [0, 0.1) is 12.8 Å². The van der Waals surface area contributed by atoms with Crippen molar-refractivity contribution in [1.29, 1.82) is 0 Å². The SMILES string of the molecule is Cc1ccc(Cl)cc1N1CCC(CNC(=O)CCc2ccc3c(c2)OCCCO3)C1. The van der Waals surface area contributed by atoms with Crippen LogP contribution in [0.2, 0.25) is 5.02 Å². The van der Waals surface area contributed by atoms with E-state index < -0.39 is 0 Å². The maximum atomic E-state index is 12.4. The van der Waals surface area contributed by atoms with E-state index in [-0.39, 0.29) is 5.91 Å². The van der Waals surface area contributed by atoms with Gasteiger partial charge in [0.05, 0.1) is 13.2 Å².